The summed E-state index contributed by atoms with van der Waals surface area (Å²) in [6, 6.07) is 10.6. The summed E-state index contributed by atoms with van der Waals surface area (Å²) in [4.78, 5) is 12.9. The van der Waals surface area contributed by atoms with Gasteiger partial charge in [0.15, 0.2) is 11.5 Å². The fourth-order valence-corrected chi connectivity index (χ4v) is 4.20. The van der Waals surface area contributed by atoms with Crippen LogP contribution in [0.25, 0.3) is 0 Å². The molecule has 0 spiro atoms. The van der Waals surface area contributed by atoms with Gasteiger partial charge in [0.1, 0.15) is 11.8 Å². The Bertz CT molecular complexity index is 959. The lowest BCUT2D eigenvalue weighted by atomic mass is 10.1. The van der Waals surface area contributed by atoms with E-state index in [9.17, 15) is 13.2 Å². The molecular weight excluding hydrogens is 384 g/mol. The van der Waals surface area contributed by atoms with Crippen molar-refractivity contribution in [2.45, 2.75) is 19.4 Å². The highest BCUT2D eigenvalue weighted by Crippen LogP contribution is 2.34. The standard InChI is InChI=1S/C19H22N2O6S/c1-4-16(19(22)20-13-5-10-17-18(11-13)27-12-26-17)21(28(3,23)24)14-6-8-15(25-2)9-7-14/h5-11,16H,4,12H2,1-3H3,(H,20,22)/t16-/m1/s1. The van der Waals surface area contributed by atoms with Crippen molar-refractivity contribution in [2.24, 2.45) is 0 Å². The zero-order valence-electron chi connectivity index (χ0n) is 15.8. The van der Waals surface area contributed by atoms with Gasteiger partial charge < -0.3 is 19.5 Å². The quantitative estimate of drug-likeness (QED) is 0.760. The van der Waals surface area contributed by atoms with Crippen molar-refractivity contribution in [2.75, 3.05) is 29.8 Å². The maximum atomic E-state index is 12.9. The maximum absolute atomic E-state index is 12.9. The van der Waals surface area contributed by atoms with Gasteiger partial charge >= 0.3 is 0 Å². The van der Waals surface area contributed by atoms with Gasteiger partial charge in [-0.1, -0.05) is 6.92 Å². The zero-order valence-corrected chi connectivity index (χ0v) is 16.7. The Morgan fingerprint density at radius 2 is 1.86 bits per heavy atom. The van der Waals surface area contributed by atoms with Crippen LogP contribution in [0.4, 0.5) is 11.4 Å². The number of anilines is 2. The topological polar surface area (TPSA) is 94.2 Å². The first-order chi connectivity index (χ1) is 13.3. The van der Waals surface area contributed by atoms with Crippen LogP contribution in [0, 0.1) is 0 Å². The van der Waals surface area contributed by atoms with Crippen molar-refractivity contribution < 1.29 is 27.4 Å². The normalized spacial score (nSPS) is 13.7. The van der Waals surface area contributed by atoms with E-state index in [0.29, 0.717) is 28.6 Å². The van der Waals surface area contributed by atoms with Crippen LogP contribution in [0.5, 0.6) is 17.2 Å². The van der Waals surface area contributed by atoms with Crippen molar-refractivity contribution in [3.8, 4) is 17.2 Å². The Morgan fingerprint density at radius 3 is 2.46 bits per heavy atom. The predicted octanol–water partition coefficient (Wildman–Crippen LogP) is 2.61. The van der Waals surface area contributed by atoms with Crippen molar-refractivity contribution in [1.82, 2.24) is 0 Å². The molecule has 0 radical (unpaired) electrons. The number of hydrogen-bond acceptors (Lipinski definition) is 6. The minimum Gasteiger partial charge on any atom is -0.497 e. The Morgan fingerprint density at radius 1 is 1.18 bits per heavy atom. The highest BCUT2D eigenvalue weighted by molar-refractivity contribution is 7.92. The number of carbonyl (C=O) groups is 1. The molecule has 0 unspecified atom stereocenters. The number of nitrogens with zero attached hydrogens (tertiary/aromatic N) is 1. The van der Waals surface area contributed by atoms with Gasteiger partial charge in [-0.25, -0.2) is 8.42 Å². The summed E-state index contributed by atoms with van der Waals surface area (Å²) in [6.45, 7) is 1.88. The predicted molar refractivity (Wildman–Crippen MR) is 106 cm³/mol. The Labute approximate surface area is 164 Å². The molecule has 0 aliphatic carbocycles. The number of hydrogen-bond donors (Lipinski definition) is 1. The van der Waals surface area contributed by atoms with Crippen LogP contribution in [0.2, 0.25) is 0 Å². The van der Waals surface area contributed by atoms with E-state index in [1.165, 1.54) is 7.11 Å². The number of carbonyl (C=O) groups excluding carboxylic acids is 1. The smallest absolute Gasteiger partial charge is 0.248 e. The Balaban J connectivity index is 1.87. The first-order valence-corrected chi connectivity index (χ1v) is 10.5. The van der Waals surface area contributed by atoms with E-state index >= 15 is 0 Å². The molecular formula is C19H22N2O6S. The summed E-state index contributed by atoms with van der Waals surface area (Å²) in [5.41, 5.74) is 0.881. The van der Waals surface area contributed by atoms with E-state index in [1.807, 2.05) is 0 Å². The average molecular weight is 406 g/mol. The molecule has 1 amide bonds. The van der Waals surface area contributed by atoms with E-state index < -0.39 is 22.0 Å². The number of amides is 1. The van der Waals surface area contributed by atoms with Crippen molar-refractivity contribution >= 4 is 27.3 Å². The molecule has 8 nitrogen and oxygen atoms in total. The highest BCUT2D eigenvalue weighted by atomic mass is 32.2. The summed E-state index contributed by atoms with van der Waals surface area (Å²) in [5.74, 6) is 1.28. The zero-order chi connectivity index (χ0) is 20.3. The molecule has 1 aliphatic heterocycles. The molecule has 0 saturated carbocycles. The molecule has 0 bridgehead atoms. The number of rotatable bonds is 7. The number of methoxy groups -OCH3 is 1. The van der Waals surface area contributed by atoms with Crippen LogP contribution < -0.4 is 23.8 Å². The molecule has 150 valence electrons. The molecule has 2 aromatic carbocycles. The minimum absolute atomic E-state index is 0.129. The van der Waals surface area contributed by atoms with Gasteiger partial charge in [0.25, 0.3) is 0 Å². The Kier molecular flexibility index (Phi) is 5.64. The fraction of sp³-hybridized carbons (Fsp3) is 0.316. The summed E-state index contributed by atoms with van der Waals surface area (Å²) >= 11 is 0. The third kappa shape index (κ3) is 4.14. The van der Waals surface area contributed by atoms with Crippen molar-refractivity contribution in [3.05, 3.63) is 42.5 Å². The van der Waals surface area contributed by atoms with Gasteiger partial charge in [-0.3, -0.25) is 9.10 Å². The molecule has 1 N–H and O–H groups in total. The number of ether oxygens (including phenoxy) is 3. The fourth-order valence-electron chi connectivity index (χ4n) is 2.99. The van der Waals surface area contributed by atoms with Gasteiger partial charge in [0.05, 0.1) is 19.1 Å². The van der Waals surface area contributed by atoms with Gasteiger partial charge in [0.2, 0.25) is 22.7 Å². The summed E-state index contributed by atoms with van der Waals surface area (Å²) in [7, 11) is -2.18. The van der Waals surface area contributed by atoms with Crippen LogP contribution in [0.15, 0.2) is 42.5 Å². The molecule has 2 aromatic rings. The van der Waals surface area contributed by atoms with Gasteiger partial charge in [0, 0.05) is 11.8 Å². The molecule has 1 heterocycles. The summed E-state index contributed by atoms with van der Waals surface area (Å²) in [6.07, 6.45) is 1.36. The van der Waals surface area contributed by atoms with Crippen LogP contribution in [0.3, 0.4) is 0 Å². The molecule has 0 saturated heterocycles. The molecule has 1 aliphatic rings. The number of benzene rings is 2. The second-order valence-electron chi connectivity index (χ2n) is 6.24. The molecule has 0 fully saturated rings. The van der Waals surface area contributed by atoms with Gasteiger partial charge in [-0.15, -0.1) is 0 Å². The number of sulfonamides is 1. The van der Waals surface area contributed by atoms with Crippen molar-refractivity contribution in [1.29, 1.82) is 0 Å². The van der Waals surface area contributed by atoms with Gasteiger partial charge in [-0.2, -0.15) is 0 Å². The summed E-state index contributed by atoms with van der Waals surface area (Å²) < 4.78 is 41.7. The lowest BCUT2D eigenvalue weighted by Crippen LogP contribution is -2.46. The van der Waals surface area contributed by atoms with Crippen LogP contribution >= 0.6 is 0 Å². The highest BCUT2D eigenvalue weighted by Gasteiger charge is 2.31. The average Bonchev–Trinajstić information content (AvgIpc) is 3.13. The van der Waals surface area contributed by atoms with E-state index in [2.05, 4.69) is 5.32 Å². The first kappa shape index (κ1) is 19.8. The summed E-state index contributed by atoms with van der Waals surface area (Å²) in [5, 5.41) is 2.76. The van der Waals surface area contributed by atoms with E-state index in [1.54, 1.807) is 49.4 Å². The largest absolute Gasteiger partial charge is 0.497 e. The SMILES string of the molecule is CC[C@H](C(=O)Nc1ccc2c(c1)OCO2)N(c1ccc(OC)cc1)S(C)(=O)=O. The molecule has 9 heteroatoms. The lowest BCUT2D eigenvalue weighted by molar-refractivity contribution is -0.117. The van der Waals surface area contributed by atoms with E-state index in [0.717, 1.165) is 10.6 Å². The number of nitrogens with one attached hydrogen (secondary N) is 1. The van der Waals surface area contributed by atoms with E-state index in [4.69, 9.17) is 14.2 Å². The van der Waals surface area contributed by atoms with Crippen LogP contribution in [0.1, 0.15) is 13.3 Å². The van der Waals surface area contributed by atoms with Gasteiger partial charge in [-0.05, 0) is 42.8 Å². The van der Waals surface area contributed by atoms with Crippen LogP contribution in [-0.2, 0) is 14.8 Å². The second kappa shape index (κ2) is 7.97. The minimum atomic E-state index is -3.71. The monoisotopic (exact) mass is 406 g/mol. The third-order valence-corrected chi connectivity index (χ3v) is 5.48. The molecule has 28 heavy (non-hydrogen) atoms. The third-order valence-electron chi connectivity index (χ3n) is 4.30. The van der Waals surface area contributed by atoms with E-state index in [-0.39, 0.29) is 13.2 Å². The maximum Gasteiger partial charge on any atom is 0.248 e. The van der Waals surface area contributed by atoms with Crippen molar-refractivity contribution in [3.63, 3.8) is 0 Å². The number of fused-ring (bicyclic) bond motifs is 1. The molecule has 1 atom stereocenters. The first-order valence-electron chi connectivity index (χ1n) is 8.67. The Hall–Kier alpha value is -2.94. The molecule has 3 rings (SSSR count). The lowest BCUT2D eigenvalue weighted by Gasteiger charge is -2.30. The van der Waals surface area contributed by atoms with Crippen LogP contribution in [-0.4, -0.2) is 40.5 Å². The molecule has 0 aromatic heterocycles. The second-order valence-corrected chi connectivity index (χ2v) is 8.10.